The highest BCUT2D eigenvalue weighted by molar-refractivity contribution is 5.86. The minimum Gasteiger partial charge on any atom is -0.497 e. The second-order valence-electron chi connectivity index (χ2n) is 5.02. The third-order valence-corrected chi connectivity index (χ3v) is 3.53. The number of hydrogen-bond acceptors (Lipinski definition) is 4. The van der Waals surface area contributed by atoms with Gasteiger partial charge in [-0.25, -0.2) is 4.99 Å². The van der Waals surface area contributed by atoms with Gasteiger partial charge in [-0.1, -0.05) is 18.2 Å². The summed E-state index contributed by atoms with van der Waals surface area (Å²) in [6.07, 6.45) is 3.02. The van der Waals surface area contributed by atoms with Gasteiger partial charge >= 0.3 is 0 Å². The number of ether oxygens (including phenoxy) is 1. The first-order valence-electron chi connectivity index (χ1n) is 7.17. The summed E-state index contributed by atoms with van der Waals surface area (Å²) < 4.78 is 5.28. The maximum atomic E-state index is 5.28. The van der Waals surface area contributed by atoms with E-state index in [0.717, 1.165) is 42.2 Å². The lowest BCUT2D eigenvalue weighted by atomic mass is 10.1. The summed E-state index contributed by atoms with van der Waals surface area (Å²) in [5.41, 5.74) is 9.69. The standard InChI is InChI=1S/C17H19N3O/c1-21-15-10-11-16-13(12-15)6-5-9-17(18-16)20-19-14-7-3-2-4-8-14/h2-4,7-8,10-12,19H,5-6,9H2,1H3,(H,18,20). The summed E-state index contributed by atoms with van der Waals surface area (Å²) in [7, 11) is 1.69. The van der Waals surface area contributed by atoms with Crippen molar-refractivity contribution >= 4 is 17.2 Å². The number of amidine groups is 1. The van der Waals surface area contributed by atoms with Crippen LogP contribution in [0.3, 0.4) is 0 Å². The molecule has 4 nitrogen and oxygen atoms in total. The van der Waals surface area contributed by atoms with Crippen LogP contribution in [0.15, 0.2) is 53.5 Å². The van der Waals surface area contributed by atoms with Crippen molar-refractivity contribution in [3.05, 3.63) is 54.1 Å². The van der Waals surface area contributed by atoms with Gasteiger partial charge in [0.1, 0.15) is 11.6 Å². The zero-order valence-corrected chi connectivity index (χ0v) is 12.1. The molecule has 108 valence electrons. The average Bonchev–Trinajstić information content (AvgIpc) is 2.75. The van der Waals surface area contributed by atoms with E-state index in [9.17, 15) is 0 Å². The molecule has 1 heterocycles. The number of rotatable bonds is 3. The van der Waals surface area contributed by atoms with Crippen LogP contribution in [0.2, 0.25) is 0 Å². The number of benzene rings is 2. The van der Waals surface area contributed by atoms with Crippen LogP contribution in [-0.2, 0) is 6.42 Å². The number of para-hydroxylation sites is 1. The highest BCUT2D eigenvalue weighted by atomic mass is 16.5. The minimum atomic E-state index is 0.891. The van der Waals surface area contributed by atoms with E-state index in [-0.39, 0.29) is 0 Å². The number of aliphatic imine (C=N–C) groups is 1. The number of hydrazine groups is 1. The fourth-order valence-electron chi connectivity index (χ4n) is 2.40. The third kappa shape index (κ3) is 3.34. The van der Waals surface area contributed by atoms with Gasteiger partial charge in [0.25, 0.3) is 0 Å². The first-order valence-corrected chi connectivity index (χ1v) is 7.17. The molecule has 0 saturated heterocycles. The van der Waals surface area contributed by atoms with Crippen molar-refractivity contribution in [1.29, 1.82) is 0 Å². The van der Waals surface area contributed by atoms with E-state index in [0.29, 0.717) is 0 Å². The lowest BCUT2D eigenvalue weighted by molar-refractivity contribution is 0.414. The van der Waals surface area contributed by atoms with E-state index in [1.54, 1.807) is 7.11 Å². The number of nitrogens with one attached hydrogen (secondary N) is 2. The van der Waals surface area contributed by atoms with Crippen LogP contribution in [0.1, 0.15) is 18.4 Å². The number of aryl methyl sites for hydroxylation is 1. The molecule has 0 amide bonds. The maximum absolute atomic E-state index is 5.28. The highest BCUT2D eigenvalue weighted by Crippen LogP contribution is 2.28. The molecule has 0 fully saturated rings. The molecule has 2 aromatic carbocycles. The van der Waals surface area contributed by atoms with Crippen LogP contribution < -0.4 is 15.6 Å². The Morgan fingerprint density at radius 2 is 1.86 bits per heavy atom. The Morgan fingerprint density at radius 1 is 1.00 bits per heavy atom. The van der Waals surface area contributed by atoms with Crippen molar-refractivity contribution < 1.29 is 4.74 Å². The number of fused-ring (bicyclic) bond motifs is 1. The molecule has 0 aromatic heterocycles. The van der Waals surface area contributed by atoms with Gasteiger partial charge in [-0.2, -0.15) is 0 Å². The predicted octanol–water partition coefficient (Wildman–Crippen LogP) is 3.68. The van der Waals surface area contributed by atoms with Gasteiger partial charge in [-0.3, -0.25) is 10.9 Å². The Morgan fingerprint density at radius 3 is 2.67 bits per heavy atom. The summed E-state index contributed by atoms with van der Waals surface area (Å²) in [6, 6.07) is 16.1. The fourth-order valence-corrected chi connectivity index (χ4v) is 2.40. The van der Waals surface area contributed by atoms with Crippen LogP contribution in [0.25, 0.3) is 0 Å². The molecule has 2 aromatic rings. The fraction of sp³-hybridized carbons (Fsp3) is 0.235. The van der Waals surface area contributed by atoms with Crippen LogP contribution in [0, 0.1) is 0 Å². The van der Waals surface area contributed by atoms with Crippen LogP contribution in [0.4, 0.5) is 11.4 Å². The van der Waals surface area contributed by atoms with E-state index in [2.05, 4.69) is 16.9 Å². The lowest BCUT2D eigenvalue weighted by Crippen LogP contribution is -2.28. The molecular weight excluding hydrogens is 262 g/mol. The van der Waals surface area contributed by atoms with Crippen LogP contribution in [-0.4, -0.2) is 12.9 Å². The number of hydrogen-bond donors (Lipinski definition) is 2. The summed E-state index contributed by atoms with van der Waals surface area (Å²) >= 11 is 0. The molecule has 4 heteroatoms. The Bertz CT molecular complexity index is 638. The maximum Gasteiger partial charge on any atom is 0.121 e. The number of anilines is 1. The quantitative estimate of drug-likeness (QED) is 0.844. The molecule has 2 N–H and O–H groups in total. The lowest BCUT2D eigenvalue weighted by Gasteiger charge is -2.11. The summed E-state index contributed by atoms with van der Waals surface area (Å²) in [6.45, 7) is 0. The predicted molar refractivity (Wildman–Crippen MR) is 86.2 cm³/mol. The van der Waals surface area contributed by atoms with Crippen molar-refractivity contribution in [1.82, 2.24) is 5.43 Å². The molecule has 1 aliphatic rings. The van der Waals surface area contributed by atoms with Gasteiger partial charge in [0.15, 0.2) is 0 Å². The molecule has 0 atom stereocenters. The minimum absolute atomic E-state index is 0.891. The SMILES string of the molecule is COc1ccc2c(c1)CCCC(NNc1ccccc1)=N2. The molecule has 0 radical (unpaired) electrons. The van der Waals surface area contributed by atoms with Crippen LogP contribution in [0.5, 0.6) is 5.75 Å². The first kappa shape index (κ1) is 13.5. The van der Waals surface area contributed by atoms with E-state index in [1.807, 2.05) is 42.5 Å². The van der Waals surface area contributed by atoms with Crippen molar-refractivity contribution in [2.75, 3.05) is 12.5 Å². The van der Waals surface area contributed by atoms with E-state index >= 15 is 0 Å². The van der Waals surface area contributed by atoms with E-state index in [1.165, 1.54) is 5.56 Å². The van der Waals surface area contributed by atoms with Gasteiger partial charge < -0.3 is 4.74 Å². The van der Waals surface area contributed by atoms with Gasteiger partial charge in [-0.15, -0.1) is 0 Å². The van der Waals surface area contributed by atoms with Gasteiger partial charge in [0, 0.05) is 6.42 Å². The van der Waals surface area contributed by atoms with E-state index < -0.39 is 0 Å². The van der Waals surface area contributed by atoms with Gasteiger partial charge in [0.05, 0.1) is 18.5 Å². The zero-order chi connectivity index (χ0) is 14.5. The molecule has 0 bridgehead atoms. The van der Waals surface area contributed by atoms with Crippen molar-refractivity contribution in [3.63, 3.8) is 0 Å². The van der Waals surface area contributed by atoms with Gasteiger partial charge in [-0.05, 0) is 48.7 Å². The van der Waals surface area contributed by atoms with Crippen molar-refractivity contribution in [2.24, 2.45) is 4.99 Å². The summed E-state index contributed by atoms with van der Waals surface area (Å²) in [5.74, 6) is 1.85. The van der Waals surface area contributed by atoms with E-state index in [4.69, 9.17) is 9.73 Å². The molecule has 0 aliphatic carbocycles. The molecule has 0 saturated carbocycles. The third-order valence-electron chi connectivity index (χ3n) is 3.53. The number of methoxy groups -OCH3 is 1. The van der Waals surface area contributed by atoms with Crippen LogP contribution >= 0.6 is 0 Å². The normalized spacial score (nSPS) is 13.7. The topological polar surface area (TPSA) is 45.6 Å². The first-order chi connectivity index (χ1) is 10.3. The zero-order valence-electron chi connectivity index (χ0n) is 12.1. The second kappa shape index (κ2) is 6.31. The van der Waals surface area contributed by atoms with Crippen molar-refractivity contribution in [3.8, 4) is 5.75 Å². The smallest absolute Gasteiger partial charge is 0.121 e. The Labute approximate surface area is 124 Å². The Kier molecular flexibility index (Phi) is 4.05. The van der Waals surface area contributed by atoms with Gasteiger partial charge in [0.2, 0.25) is 0 Å². The largest absolute Gasteiger partial charge is 0.497 e. The molecule has 3 rings (SSSR count). The monoisotopic (exact) mass is 281 g/mol. The summed E-state index contributed by atoms with van der Waals surface area (Å²) in [5, 5.41) is 0. The molecular formula is C17H19N3O. The Balaban J connectivity index is 1.75. The number of nitrogens with zero attached hydrogens (tertiary/aromatic N) is 1. The molecule has 1 aliphatic heterocycles. The second-order valence-corrected chi connectivity index (χ2v) is 5.02. The average molecular weight is 281 g/mol. The van der Waals surface area contributed by atoms with Crippen molar-refractivity contribution in [2.45, 2.75) is 19.3 Å². The molecule has 0 unspecified atom stereocenters. The Hall–Kier alpha value is -2.49. The summed E-state index contributed by atoms with van der Waals surface area (Å²) in [4.78, 5) is 4.72. The highest BCUT2D eigenvalue weighted by Gasteiger charge is 2.11. The molecule has 21 heavy (non-hydrogen) atoms. The molecule has 0 spiro atoms.